The summed E-state index contributed by atoms with van der Waals surface area (Å²) in [5, 5.41) is 11.7. The lowest BCUT2D eigenvalue weighted by molar-refractivity contribution is -0.142. The summed E-state index contributed by atoms with van der Waals surface area (Å²) >= 11 is 0. The highest BCUT2D eigenvalue weighted by Crippen LogP contribution is 2.20. The highest BCUT2D eigenvalue weighted by Gasteiger charge is 2.26. The molecular formula is C17H21N3O3. The van der Waals surface area contributed by atoms with Crippen LogP contribution in [0.4, 0.5) is 5.69 Å². The van der Waals surface area contributed by atoms with Gasteiger partial charge in [-0.1, -0.05) is 12.5 Å². The number of rotatable bonds is 5. The minimum atomic E-state index is -0.246. The number of piperidine rings is 1. The molecule has 1 aromatic carbocycles. The number of nitrogens with one attached hydrogen (secondary N) is 1. The van der Waals surface area contributed by atoms with Crippen molar-refractivity contribution in [2.24, 2.45) is 0 Å². The standard InChI is InChI=1S/C17H21N3O3/c1-23-17(22)10-15-7-2-3-8-20(15)12-16(21)19-14-6-4-5-13(9-14)11-18/h4-6,9,15H,2-3,7-8,10,12H2,1H3,(H,19,21)/t15-/m1/s1. The SMILES string of the molecule is COC(=O)C[C@H]1CCCCN1CC(=O)Nc1cccc(C#N)c1. The van der Waals surface area contributed by atoms with Crippen molar-refractivity contribution in [1.29, 1.82) is 5.26 Å². The van der Waals surface area contributed by atoms with Gasteiger partial charge in [0.15, 0.2) is 0 Å². The van der Waals surface area contributed by atoms with Gasteiger partial charge in [0.1, 0.15) is 0 Å². The van der Waals surface area contributed by atoms with Gasteiger partial charge in [-0.25, -0.2) is 0 Å². The maximum atomic E-state index is 12.2. The van der Waals surface area contributed by atoms with Gasteiger partial charge in [0.25, 0.3) is 0 Å². The molecule has 1 saturated heterocycles. The molecule has 6 nitrogen and oxygen atoms in total. The van der Waals surface area contributed by atoms with Gasteiger partial charge in [-0.2, -0.15) is 5.26 Å². The predicted molar refractivity (Wildman–Crippen MR) is 85.6 cm³/mol. The molecule has 6 heteroatoms. The molecule has 0 spiro atoms. The van der Waals surface area contributed by atoms with Crippen molar-refractivity contribution in [3.63, 3.8) is 0 Å². The van der Waals surface area contributed by atoms with Crippen LogP contribution in [0.25, 0.3) is 0 Å². The summed E-state index contributed by atoms with van der Waals surface area (Å²) in [5.41, 5.74) is 1.11. The van der Waals surface area contributed by atoms with E-state index in [1.807, 2.05) is 11.0 Å². The van der Waals surface area contributed by atoms with Gasteiger partial charge in [-0.05, 0) is 37.6 Å². The van der Waals surface area contributed by atoms with Crippen LogP contribution < -0.4 is 5.32 Å². The van der Waals surface area contributed by atoms with E-state index in [0.717, 1.165) is 25.8 Å². The Morgan fingerprint density at radius 1 is 1.43 bits per heavy atom. The van der Waals surface area contributed by atoms with E-state index >= 15 is 0 Å². The van der Waals surface area contributed by atoms with Crippen molar-refractivity contribution in [2.45, 2.75) is 31.7 Å². The van der Waals surface area contributed by atoms with Gasteiger partial charge in [-0.3, -0.25) is 14.5 Å². The molecule has 1 aliphatic rings. The Balaban J connectivity index is 1.94. The van der Waals surface area contributed by atoms with Crippen LogP contribution in [-0.2, 0) is 14.3 Å². The van der Waals surface area contributed by atoms with Crippen molar-refractivity contribution in [1.82, 2.24) is 4.90 Å². The second kappa shape index (κ2) is 8.30. The molecule has 1 atom stereocenters. The molecule has 1 amide bonds. The monoisotopic (exact) mass is 315 g/mol. The van der Waals surface area contributed by atoms with Gasteiger partial charge < -0.3 is 10.1 Å². The van der Waals surface area contributed by atoms with Crippen molar-refractivity contribution in [3.05, 3.63) is 29.8 Å². The molecule has 2 rings (SSSR count). The summed E-state index contributed by atoms with van der Waals surface area (Å²) in [5.74, 6) is -0.388. The van der Waals surface area contributed by atoms with Crippen LogP contribution in [0.1, 0.15) is 31.2 Å². The number of nitriles is 1. The predicted octanol–water partition coefficient (Wildman–Crippen LogP) is 1.91. The zero-order valence-corrected chi connectivity index (χ0v) is 13.2. The maximum absolute atomic E-state index is 12.2. The summed E-state index contributed by atoms with van der Waals surface area (Å²) in [6.45, 7) is 1.03. The molecule has 0 radical (unpaired) electrons. The molecule has 1 aromatic rings. The third-order valence-electron chi connectivity index (χ3n) is 4.00. The first-order chi connectivity index (χ1) is 11.1. The van der Waals surface area contributed by atoms with Crippen LogP contribution in [0.15, 0.2) is 24.3 Å². The number of hydrogen-bond acceptors (Lipinski definition) is 5. The zero-order chi connectivity index (χ0) is 16.7. The van der Waals surface area contributed by atoms with Gasteiger partial charge in [0, 0.05) is 11.7 Å². The van der Waals surface area contributed by atoms with Crippen molar-refractivity contribution < 1.29 is 14.3 Å². The van der Waals surface area contributed by atoms with E-state index in [4.69, 9.17) is 10.00 Å². The third kappa shape index (κ3) is 5.08. The first kappa shape index (κ1) is 17.0. The van der Waals surface area contributed by atoms with Gasteiger partial charge in [-0.15, -0.1) is 0 Å². The molecule has 1 heterocycles. The molecule has 1 N–H and O–H groups in total. The zero-order valence-electron chi connectivity index (χ0n) is 13.2. The fourth-order valence-electron chi connectivity index (χ4n) is 2.83. The topological polar surface area (TPSA) is 82.4 Å². The van der Waals surface area contributed by atoms with Crippen LogP contribution in [0.3, 0.4) is 0 Å². The molecule has 0 bridgehead atoms. The number of ether oxygens (including phenoxy) is 1. The molecule has 0 aliphatic carbocycles. The molecule has 1 fully saturated rings. The number of nitrogens with zero attached hydrogens (tertiary/aromatic N) is 2. The van der Waals surface area contributed by atoms with Crippen LogP contribution >= 0.6 is 0 Å². The number of carbonyl (C=O) groups excluding carboxylic acids is 2. The Morgan fingerprint density at radius 2 is 2.26 bits per heavy atom. The Kier molecular flexibility index (Phi) is 6.12. The molecule has 122 valence electrons. The first-order valence-corrected chi connectivity index (χ1v) is 7.73. The summed E-state index contributed by atoms with van der Waals surface area (Å²) in [6.07, 6.45) is 3.29. The van der Waals surface area contributed by atoms with Gasteiger partial charge in [0.05, 0.1) is 31.7 Å². The average Bonchev–Trinajstić information content (AvgIpc) is 2.56. The maximum Gasteiger partial charge on any atom is 0.307 e. The van der Waals surface area contributed by atoms with Crippen LogP contribution in [0.2, 0.25) is 0 Å². The largest absolute Gasteiger partial charge is 0.469 e. The van der Waals surface area contributed by atoms with E-state index in [1.165, 1.54) is 7.11 Å². The Hall–Kier alpha value is -2.39. The van der Waals surface area contributed by atoms with Crippen molar-refractivity contribution in [2.75, 3.05) is 25.5 Å². The van der Waals surface area contributed by atoms with E-state index in [0.29, 0.717) is 17.7 Å². The summed E-state index contributed by atoms with van der Waals surface area (Å²) in [4.78, 5) is 25.8. The fraction of sp³-hybridized carbons (Fsp3) is 0.471. The van der Waals surface area contributed by atoms with Gasteiger partial charge >= 0.3 is 5.97 Å². The second-order valence-corrected chi connectivity index (χ2v) is 5.64. The molecule has 0 saturated carbocycles. The number of carbonyl (C=O) groups is 2. The molecule has 0 aromatic heterocycles. The van der Waals surface area contributed by atoms with Gasteiger partial charge in [0.2, 0.25) is 5.91 Å². The summed E-state index contributed by atoms with van der Waals surface area (Å²) in [6, 6.07) is 8.90. The van der Waals surface area contributed by atoms with E-state index < -0.39 is 0 Å². The quantitative estimate of drug-likeness (QED) is 0.839. The molecule has 1 aliphatic heterocycles. The summed E-state index contributed by atoms with van der Waals surface area (Å²) < 4.78 is 4.73. The fourth-order valence-corrected chi connectivity index (χ4v) is 2.83. The highest BCUT2D eigenvalue weighted by atomic mass is 16.5. The van der Waals surface area contributed by atoms with Crippen LogP contribution in [-0.4, -0.2) is 43.0 Å². The number of benzene rings is 1. The van der Waals surface area contributed by atoms with Crippen LogP contribution in [0.5, 0.6) is 0 Å². The number of hydrogen-bond donors (Lipinski definition) is 1. The van der Waals surface area contributed by atoms with E-state index in [1.54, 1.807) is 24.3 Å². The summed E-state index contributed by atoms with van der Waals surface area (Å²) in [7, 11) is 1.38. The van der Waals surface area contributed by atoms with Crippen molar-refractivity contribution in [3.8, 4) is 6.07 Å². The lowest BCUT2D eigenvalue weighted by Gasteiger charge is -2.34. The van der Waals surface area contributed by atoms with E-state index in [-0.39, 0.29) is 24.5 Å². The van der Waals surface area contributed by atoms with E-state index in [2.05, 4.69) is 5.32 Å². The number of amides is 1. The average molecular weight is 315 g/mol. The Labute approximate surface area is 136 Å². The second-order valence-electron chi connectivity index (χ2n) is 5.64. The minimum Gasteiger partial charge on any atom is -0.469 e. The highest BCUT2D eigenvalue weighted by molar-refractivity contribution is 5.92. The number of methoxy groups -OCH3 is 1. The molecule has 0 unspecified atom stereocenters. The Morgan fingerprint density at radius 3 is 3.00 bits per heavy atom. The first-order valence-electron chi connectivity index (χ1n) is 7.73. The molecule has 23 heavy (non-hydrogen) atoms. The van der Waals surface area contributed by atoms with Crippen LogP contribution in [0, 0.1) is 11.3 Å². The van der Waals surface area contributed by atoms with E-state index in [9.17, 15) is 9.59 Å². The number of esters is 1. The normalized spacial score (nSPS) is 18.0. The smallest absolute Gasteiger partial charge is 0.307 e. The minimum absolute atomic E-state index is 0.0485. The molecular weight excluding hydrogens is 294 g/mol. The lowest BCUT2D eigenvalue weighted by Crippen LogP contribution is -2.45. The third-order valence-corrected chi connectivity index (χ3v) is 4.00. The van der Waals surface area contributed by atoms with Crippen molar-refractivity contribution >= 4 is 17.6 Å². The number of likely N-dealkylation sites (tertiary alicyclic amines) is 1. The Bertz CT molecular complexity index is 609. The lowest BCUT2D eigenvalue weighted by atomic mass is 9.99. The number of anilines is 1.